The molecule has 2 amide bonds. The van der Waals surface area contributed by atoms with Crippen LogP contribution in [0.15, 0.2) is 30.3 Å². The fraction of sp³-hybridized carbons (Fsp3) is 0.636. The van der Waals surface area contributed by atoms with Gasteiger partial charge in [-0.05, 0) is 37.7 Å². The van der Waals surface area contributed by atoms with E-state index < -0.39 is 0 Å². The van der Waals surface area contributed by atoms with Crippen LogP contribution < -0.4 is 5.73 Å². The van der Waals surface area contributed by atoms with Gasteiger partial charge in [0.25, 0.3) is 0 Å². The summed E-state index contributed by atoms with van der Waals surface area (Å²) in [5.41, 5.74) is 7.03. The van der Waals surface area contributed by atoms with Crippen LogP contribution in [0.4, 0.5) is 0 Å². The van der Waals surface area contributed by atoms with E-state index in [4.69, 9.17) is 5.73 Å². The Morgan fingerprint density at radius 2 is 1.64 bits per heavy atom. The van der Waals surface area contributed by atoms with Crippen molar-refractivity contribution in [3.8, 4) is 0 Å². The largest absolute Gasteiger partial charge is 0.342 e. The Hall–Kier alpha value is -1.92. The SMILES string of the molecule is NCCN(CCc1ccccc1)CC(=O)N1CCC(C(=O)N2CCCC2)CC1. The number of nitrogens with zero attached hydrogens (tertiary/aromatic N) is 3. The third-order valence-electron chi connectivity index (χ3n) is 5.98. The van der Waals surface area contributed by atoms with E-state index in [1.165, 1.54) is 5.56 Å². The maximum atomic E-state index is 12.8. The molecule has 0 radical (unpaired) electrons. The quantitative estimate of drug-likeness (QED) is 0.732. The minimum atomic E-state index is 0.0976. The topological polar surface area (TPSA) is 69.9 Å². The van der Waals surface area contributed by atoms with Gasteiger partial charge in [-0.2, -0.15) is 0 Å². The molecule has 154 valence electrons. The van der Waals surface area contributed by atoms with E-state index in [9.17, 15) is 9.59 Å². The summed E-state index contributed by atoms with van der Waals surface area (Å²) in [5, 5.41) is 0. The Kier molecular flexibility index (Phi) is 7.86. The Bertz CT molecular complexity index is 623. The number of benzene rings is 1. The van der Waals surface area contributed by atoms with Gasteiger partial charge in [0.2, 0.25) is 11.8 Å². The van der Waals surface area contributed by atoms with Crippen molar-refractivity contribution in [3.63, 3.8) is 0 Å². The van der Waals surface area contributed by atoms with Crippen LogP contribution in [0.1, 0.15) is 31.2 Å². The maximum absolute atomic E-state index is 12.8. The van der Waals surface area contributed by atoms with Crippen molar-refractivity contribution in [2.45, 2.75) is 32.1 Å². The van der Waals surface area contributed by atoms with Crippen LogP contribution in [-0.2, 0) is 16.0 Å². The number of nitrogens with two attached hydrogens (primary N) is 1. The van der Waals surface area contributed by atoms with Crippen LogP contribution in [0, 0.1) is 5.92 Å². The molecule has 2 N–H and O–H groups in total. The fourth-order valence-electron chi connectivity index (χ4n) is 4.25. The zero-order chi connectivity index (χ0) is 19.8. The maximum Gasteiger partial charge on any atom is 0.236 e. The molecule has 1 aromatic rings. The van der Waals surface area contributed by atoms with Gasteiger partial charge in [-0.25, -0.2) is 0 Å². The molecule has 0 aromatic heterocycles. The number of hydrogen-bond acceptors (Lipinski definition) is 4. The van der Waals surface area contributed by atoms with Gasteiger partial charge in [0.15, 0.2) is 0 Å². The molecule has 6 heteroatoms. The van der Waals surface area contributed by atoms with Gasteiger partial charge in [0.05, 0.1) is 6.54 Å². The van der Waals surface area contributed by atoms with Crippen LogP contribution in [0.3, 0.4) is 0 Å². The van der Waals surface area contributed by atoms with Crippen molar-refractivity contribution in [2.75, 3.05) is 52.4 Å². The molecular formula is C22H34N4O2. The molecule has 0 aliphatic carbocycles. The van der Waals surface area contributed by atoms with Crippen molar-refractivity contribution in [1.82, 2.24) is 14.7 Å². The zero-order valence-electron chi connectivity index (χ0n) is 16.9. The first-order valence-electron chi connectivity index (χ1n) is 10.7. The van der Waals surface area contributed by atoms with Crippen molar-refractivity contribution in [3.05, 3.63) is 35.9 Å². The molecule has 28 heavy (non-hydrogen) atoms. The average Bonchev–Trinajstić information content (AvgIpc) is 3.27. The third kappa shape index (κ3) is 5.79. The molecule has 3 rings (SSSR count). The lowest BCUT2D eigenvalue weighted by Crippen LogP contribution is -2.47. The lowest BCUT2D eigenvalue weighted by atomic mass is 9.95. The summed E-state index contributed by atoms with van der Waals surface area (Å²) >= 11 is 0. The molecule has 6 nitrogen and oxygen atoms in total. The van der Waals surface area contributed by atoms with Crippen LogP contribution in [0.2, 0.25) is 0 Å². The molecule has 2 aliphatic rings. The monoisotopic (exact) mass is 386 g/mol. The molecule has 2 saturated heterocycles. The van der Waals surface area contributed by atoms with Crippen molar-refractivity contribution < 1.29 is 9.59 Å². The van der Waals surface area contributed by atoms with E-state index in [2.05, 4.69) is 17.0 Å². The predicted molar refractivity (Wildman–Crippen MR) is 111 cm³/mol. The molecule has 0 saturated carbocycles. The first kappa shape index (κ1) is 20.8. The second-order valence-corrected chi connectivity index (χ2v) is 7.99. The van der Waals surface area contributed by atoms with E-state index in [0.29, 0.717) is 32.1 Å². The normalized spacial score (nSPS) is 18.1. The average molecular weight is 387 g/mol. The van der Waals surface area contributed by atoms with Gasteiger partial charge in [-0.3, -0.25) is 14.5 Å². The summed E-state index contributed by atoms with van der Waals surface area (Å²) in [6.07, 6.45) is 4.76. The molecule has 0 atom stereocenters. The summed E-state index contributed by atoms with van der Waals surface area (Å²) in [6, 6.07) is 10.3. The first-order valence-corrected chi connectivity index (χ1v) is 10.7. The second-order valence-electron chi connectivity index (χ2n) is 7.99. The smallest absolute Gasteiger partial charge is 0.236 e. The number of likely N-dealkylation sites (tertiary alicyclic amines) is 2. The molecule has 2 heterocycles. The standard InChI is InChI=1S/C22H34N4O2/c23-11-17-24(14-8-19-6-2-1-3-7-19)18-21(27)25-15-9-20(10-16-25)22(28)26-12-4-5-13-26/h1-3,6-7,20H,4-5,8-18,23H2. The zero-order valence-corrected chi connectivity index (χ0v) is 16.9. The van der Waals surface area contributed by atoms with Gasteiger partial charge in [0, 0.05) is 51.7 Å². The third-order valence-corrected chi connectivity index (χ3v) is 5.98. The second kappa shape index (κ2) is 10.6. The molecular weight excluding hydrogens is 352 g/mol. The highest BCUT2D eigenvalue weighted by Gasteiger charge is 2.31. The molecule has 0 bridgehead atoms. The fourth-order valence-corrected chi connectivity index (χ4v) is 4.25. The Balaban J connectivity index is 1.44. The molecule has 0 spiro atoms. The van der Waals surface area contributed by atoms with Gasteiger partial charge in [0.1, 0.15) is 0 Å². The number of carbonyl (C=O) groups excluding carboxylic acids is 2. The molecule has 2 aliphatic heterocycles. The highest BCUT2D eigenvalue weighted by molar-refractivity contribution is 5.81. The van der Waals surface area contributed by atoms with E-state index in [1.807, 2.05) is 28.0 Å². The Morgan fingerprint density at radius 3 is 2.29 bits per heavy atom. The van der Waals surface area contributed by atoms with Gasteiger partial charge in [-0.1, -0.05) is 30.3 Å². The molecule has 2 fully saturated rings. The lowest BCUT2D eigenvalue weighted by Gasteiger charge is -2.34. The van der Waals surface area contributed by atoms with Gasteiger partial charge >= 0.3 is 0 Å². The summed E-state index contributed by atoms with van der Waals surface area (Å²) in [5.74, 6) is 0.561. The lowest BCUT2D eigenvalue weighted by molar-refractivity contribution is -0.140. The summed E-state index contributed by atoms with van der Waals surface area (Å²) < 4.78 is 0. The number of hydrogen-bond donors (Lipinski definition) is 1. The first-order chi connectivity index (χ1) is 13.7. The van der Waals surface area contributed by atoms with Crippen LogP contribution in [-0.4, -0.2) is 78.9 Å². The van der Waals surface area contributed by atoms with Crippen LogP contribution in [0.25, 0.3) is 0 Å². The van der Waals surface area contributed by atoms with Crippen molar-refractivity contribution in [1.29, 1.82) is 0 Å². The van der Waals surface area contributed by atoms with Crippen molar-refractivity contribution in [2.24, 2.45) is 11.7 Å². The molecule has 0 unspecified atom stereocenters. The minimum absolute atomic E-state index is 0.0976. The summed E-state index contributed by atoms with van der Waals surface area (Å²) in [6.45, 7) is 5.72. The Labute approximate surface area is 168 Å². The van der Waals surface area contributed by atoms with Gasteiger partial charge in [-0.15, -0.1) is 0 Å². The number of amides is 2. The van der Waals surface area contributed by atoms with Crippen molar-refractivity contribution >= 4 is 11.8 Å². The van der Waals surface area contributed by atoms with Gasteiger partial charge < -0.3 is 15.5 Å². The number of rotatable bonds is 8. The predicted octanol–water partition coefficient (Wildman–Crippen LogP) is 1.35. The minimum Gasteiger partial charge on any atom is -0.342 e. The van der Waals surface area contributed by atoms with E-state index in [0.717, 1.165) is 58.3 Å². The van der Waals surface area contributed by atoms with E-state index >= 15 is 0 Å². The van der Waals surface area contributed by atoms with Crippen LogP contribution in [0.5, 0.6) is 0 Å². The molecule has 1 aromatic carbocycles. The summed E-state index contributed by atoms with van der Waals surface area (Å²) in [4.78, 5) is 31.4. The number of piperidine rings is 1. The van der Waals surface area contributed by atoms with E-state index in [1.54, 1.807) is 0 Å². The Morgan fingerprint density at radius 1 is 0.964 bits per heavy atom. The summed E-state index contributed by atoms with van der Waals surface area (Å²) in [7, 11) is 0. The van der Waals surface area contributed by atoms with E-state index in [-0.39, 0.29) is 11.8 Å². The number of carbonyl (C=O) groups is 2. The van der Waals surface area contributed by atoms with Crippen LogP contribution >= 0.6 is 0 Å². The highest BCUT2D eigenvalue weighted by Crippen LogP contribution is 2.22. The highest BCUT2D eigenvalue weighted by atomic mass is 16.2.